The van der Waals surface area contributed by atoms with Crippen molar-refractivity contribution in [2.75, 3.05) is 5.32 Å². The lowest BCUT2D eigenvalue weighted by atomic mass is 10.00. The summed E-state index contributed by atoms with van der Waals surface area (Å²) in [6.45, 7) is 0.180. The minimum atomic E-state index is -0.0349. The standard InChI is InChI=1S/C17H27N5O2/c18-15-7-3-4-12(15)8-16(23)21-14-9-19-22(10-14)11-17(24)20-13-5-1-2-6-13/h9-10,12-13,15H,1-8,11,18H2,(H,20,24)(H,21,23)/t12-,15+/m0/s1. The molecular weight excluding hydrogens is 306 g/mol. The van der Waals surface area contributed by atoms with E-state index in [1.165, 1.54) is 12.8 Å². The molecule has 0 unspecified atom stereocenters. The Balaban J connectivity index is 1.44. The van der Waals surface area contributed by atoms with Gasteiger partial charge in [0.15, 0.2) is 0 Å². The predicted molar refractivity (Wildman–Crippen MR) is 91.2 cm³/mol. The fourth-order valence-corrected chi connectivity index (χ4v) is 3.77. The van der Waals surface area contributed by atoms with Gasteiger partial charge < -0.3 is 16.4 Å². The van der Waals surface area contributed by atoms with Crippen LogP contribution >= 0.6 is 0 Å². The number of nitrogens with two attached hydrogens (primary N) is 1. The molecule has 1 aromatic rings. The number of nitrogens with zero attached hydrogens (tertiary/aromatic N) is 2. The maximum atomic E-state index is 12.1. The number of aromatic nitrogens is 2. The van der Waals surface area contributed by atoms with Gasteiger partial charge in [0.25, 0.3) is 0 Å². The van der Waals surface area contributed by atoms with Crippen LogP contribution in [-0.2, 0) is 16.1 Å². The Kier molecular flexibility index (Phi) is 5.50. The first-order valence-electron chi connectivity index (χ1n) is 8.97. The first-order chi connectivity index (χ1) is 11.6. The van der Waals surface area contributed by atoms with Gasteiger partial charge in [-0.05, 0) is 31.6 Å². The van der Waals surface area contributed by atoms with Crippen molar-refractivity contribution < 1.29 is 9.59 Å². The van der Waals surface area contributed by atoms with Crippen molar-refractivity contribution in [2.45, 2.75) is 70.0 Å². The van der Waals surface area contributed by atoms with E-state index in [0.717, 1.165) is 32.1 Å². The molecule has 0 spiro atoms. The van der Waals surface area contributed by atoms with Crippen molar-refractivity contribution in [2.24, 2.45) is 11.7 Å². The van der Waals surface area contributed by atoms with Crippen molar-refractivity contribution in [3.05, 3.63) is 12.4 Å². The number of carbonyl (C=O) groups excluding carboxylic acids is 2. The van der Waals surface area contributed by atoms with Crippen LogP contribution in [0.4, 0.5) is 5.69 Å². The molecule has 0 saturated heterocycles. The molecule has 2 aliphatic rings. The number of rotatable bonds is 6. The van der Waals surface area contributed by atoms with Crippen molar-refractivity contribution >= 4 is 17.5 Å². The van der Waals surface area contributed by atoms with Crippen LogP contribution in [0, 0.1) is 5.92 Å². The molecule has 0 aliphatic heterocycles. The molecule has 0 radical (unpaired) electrons. The Morgan fingerprint density at radius 2 is 1.96 bits per heavy atom. The van der Waals surface area contributed by atoms with E-state index in [4.69, 9.17) is 5.73 Å². The summed E-state index contributed by atoms with van der Waals surface area (Å²) in [6.07, 6.45) is 11.4. The smallest absolute Gasteiger partial charge is 0.241 e. The summed E-state index contributed by atoms with van der Waals surface area (Å²) in [5.41, 5.74) is 6.63. The van der Waals surface area contributed by atoms with E-state index < -0.39 is 0 Å². The third-order valence-electron chi connectivity index (χ3n) is 5.11. The van der Waals surface area contributed by atoms with Crippen molar-refractivity contribution in [1.82, 2.24) is 15.1 Å². The highest BCUT2D eigenvalue weighted by Crippen LogP contribution is 2.27. The quantitative estimate of drug-likeness (QED) is 0.732. The molecule has 1 aromatic heterocycles. The number of carbonyl (C=O) groups is 2. The van der Waals surface area contributed by atoms with Gasteiger partial charge >= 0.3 is 0 Å². The van der Waals surface area contributed by atoms with E-state index in [9.17, 15) is 9.59 Å². The van der Waals surface area contributed by atoms with Gasteiger partial charge in [-0.15, -0.1) is 0 Å². The summed E-state index contributed by atoms with van der Waals surface area (Å²) in [7, 11) is 0. The monoisotopic (exact) mass is 333 g/mol. The molecule has 2 fully saturated rings. The lowest BCUT2D eigenvalue weighted by molar-refractivity contribution is -0.122. The fourth-order valence-electron chi connectivity index (χ4n) is 3.77. The van der Waals surface area contributed by atoms with Crippen LogP contribution in [0.25, 0.3) is 0 Å². The fraction of sp³-hybridized carbons (Fsp3) is 0.706. The van der Waals surface area contributed by atoms with Crippen LogP contribution in [0.1, 0.15) is 51.4 Å². The molecule has 2 saturated carbocycles. The molecule has 24 heavy (non-hydrogen) atoms. The van der Waals surface area contributed by atoms with Crippen LogP contribution in [0.5, 0.6) is 0 Å². The lowest BCUT2D eigenvalue weighted by Gasteiger charge is -2.14. The number of amides is 2. The lowest BCUT2D eigenvalue weighted by Crippen LogP contribution is -2.35. The Bertz CT molecular complexity index is 579. The van der Waals surface area contributed by atoms with Gasteiger partial charge in [-0.2, -0.15) is 5.10 Å². The summed E-state index contributed by atoms with van der Waals surface area (Å²) >= 11 is 0. The SMILES string of the molecule is N[C@@H]1CCC[C@H]1CC(=O)Nc1cnn(CC(=O)NC2CCCC2)c1. The maximum absolute atomic E-state index is 12.1. The average molecular weight is 333 g/mol. The second kappa shape index (κ2) is 7.79. The number of anilines is 1. The van der Waals surface area contributed by atoms with Gasteiger partial charge in [0.1, 0.15) is 6.54 Å². The van der Waals surface area contributed by atoms with E-state index in [2.05, 4.69) is 15.7 Å². The first kappa shape index (κ1) is 17.0. The van der Waals surface area contributed by atoms with Gasteiger partial charge in [-0.1, -0.05) is 19.3 Å². The highest BCUT2D eigenvalue weighted by atomic mass is 16.2. The van der Waals surface area contributed by atoms with Crippen LogP contribution in [-0.4, -0.2) is 33.7 Å². The molecular formula is C17H27N5O2. The number of hydrogen-bond acceptors (Lipinski definition) is 4. The van der Waals surface area contributed by atoms with Crippen molar-refractivity contribution in [3.63, 3.8) is 0 Å². The minimum Gasteiger partial charge on any atom is -0.352 e. The molecule has 132 valence electrons. The summed E-state index contributed by atoms with van der Waals surface area (Å²) in [5, 5.41) is 10.0. The summed E-state index contributed by atoms with van der Waals surface area (Å²) < 4.78 is 1.56. The topological polar surface area (TPSA) is 102 Å². The zero-order chi connectivity index (χ0) is 16.9. The second-order valence-corrected chi connectivity index (χ2v) is 7.08. The Morgan fingerprint density at radius 1 is 1.17 bits per heavy atom. The number of nitrogens with one attached hydrogen (secondary N) is 2. The molecule has 2 amide bonds. The molecule has 2 atom stereocenters. The zero-order valence-electron chi connectivity index (χ0n) is 14.0. The van der Waals surface area contributed by atoms with Gasteiger partial charge in [0.2, 0.25) is 11.8 Å². The molecule has 3 rings (SSSR count). The van der Waals surface area contributed by atoms with Crippen LogP contribution in [0.3, 0.4) is 0 Å². The summed E-state index contributed by atoms with van der Waals surface area (Å²) in [5.74, 6) is 0.212. The molecule has 4 N–H and O–H groups in total. The molecule has 7 heteroatoms. The molecule has 7 nitrogen and oxygen atoms in total. The Hall–Kier alpha value is -1.89. The highest BCUT2D eigenvalue weighted by molar-refractivity contribution is 5.90. The minimum absolute atomic E-state index is 0.0280. The van der Waals surface area contributed by atoms with E-state index in [1.54, 1.807) is 17.1 Å². The van der Waals surface area contributed by atoms with Crippen LogP contribution in [0.15, 0.2) is 12.4 Å². The normalized spacial score (nSPS) is 24.2. The van der Waals surface area contributed by atoms with Gasteiger partial charge in [0, 0.05) is 24.7 Å². The number of hydrogen-bond donors (Lipinski definition) is 3. The Morgan fingerprint density at radius 3 is 2.67 bits per heavy atom. The maximum Gasteiger partial charge on any atom is 0.241 e. The second-order valence-electron chi connectivity index (χ2n) is 7.08. The van der Waals surface area contributed by atoms with Crippen LogP contribution in [0.2, 0.25) is 0 Å². The third-order valence-corrected chi connectivity index (χ3v) is 5.11. The van der Waals surface area contributed by atoms with Crippen molar-refractivity contribution in [3.8, 4) is 0 Å². The summed E-state index contributed by atoms with van der Waals surface area (Å²) in [6, 6.07) is 0.445. The molecule has 2 aliphatic carbocycles. The average Bonchev–Trinajstić information content (AvgIpc) is 3.25. The van der Waals surface area contributed by atoms with Gasteiger partial charge in [0.05, 0.1) is 11.9 Å². The van der Waals surface area contributed by atoms with Crippen molar-refractivity contribution in [1.29, 1.82) is 0 Å². The Labute approximate surface area is 142 Å². The van der Waals surface area contributed by atoms with Crippen LogP contribution < -0.4 is 16.4 Å². The first-order valence-corrected chi connectivity index (χ1v) is 8.97. The van der Waals surface area contributed by atoms with E-state index >= 15 is 0 Å². The zero-order valence-corrected chi connectivity index (χ0v) is 14.0. The van der Waals surface area contributed by atoms with E-state index in [0.29, 0.717) is 18.2 Å². The van der Waals surface area contributed by atoms with Gasteiger partial charge in [-0.3, -0.25) is 14.3 Å². The third kappa shape index (κ3) is 4.56. The van der Waals surface area contributed by atoms with E-state index in [-0.39, 0.29) is 30.3 Å². The largest absolute Gasteiger partial charge is 0.352 e. The molecule has 1 heterocycles. The molecule has 0 bridgehead atoms. The molecule has 0 aromatic carbocycles. The van der Waals surface area contributed by atoms with Gasteiger partial charge in [-0.25, -0.2) is 0 Å². The summed E-state index contributed by atoms with van der Waals surface area (Å²) in [4.78, 5) is 24.1. The predicted octanol–water partition coefficient (Wildman–Crippen LogP) is 1.40. The highest BCUT2D eigenvalue weighted by Gasteiger charge is 2.26. The van der Waals surface area contributed by atoms with E-state index in [1.807, 2.05) is 0 Å².